The standard InChI is InChI=1S/C57H41NO/c1-57(2)52-22-10-9-19-51(52)54-53(57)36-35-50-49-21-12-20-48(55(49)59-56(50)54)42-27-33-47(34-28-42)58(45-29-23-40(24-30-45)38-13-5-3-6-14-38)46-31-25-41(26-32-46)44-18-11-17-43(37-44)39-15-7-4-8-16-39/h3-37H,1-2H3. The molecule has 0 amide bonds. The van der Waals surface area contributed by atoms with Crippen LogP contribution in [0.2, 0.25) is 0 Å². The maximum absolute atomic E-state index is 6.96. The van der Waals surface area contributed by atoms with Gasteiger partial charge in [0, 0.05) is 44.4 Å². The summed E-state index contributed by atoms with van der Waals surface area (Å²) >= 11 is 0. The van der Waals surface area contributed by atoms with Crippen molar-refractivity contribution < 1.29 is 4.42 Å². The van der Waals surface area contributed by atoms with Crippen LogP contribution in [0.4, 0.5) is 17.1 Å². The van der Waals surface area contributed by atoms with E-state index in [4.69, 9.17) is 4.42 Å². The van der Waals surface area contributed by atoms with Crippen molar-refractivity contribution in [1.29, 1.82) is 0 Å². The fourth-order valence-electron chi connectivity index (χ4n) is 9.25. The minimum absolute atomic E-state index is 0.0841. The highest BCUT2D eigenvalue weighted by Gasteiger charge is 2.37. The molecule has 280 valence electrons. The largest absolute Gasteiger partial charge is 0.455 e. The number of furan rings is 1. The summed E-state index contributed by atoms with van der Waals surface area (Å²) in [5, 5.41) is 2.30. The van der Waals surface area contributed by atoms with Crippen LogP contribution in [0.3, 0.4) is 0 Å². The molecular weight excluding hydrogens is 715 g/mol. The van der Waals surface area contributed by atoms with E-state index in [1.54, 1.807) is 0 Å². The number of fused-ring (bicyclic) bond motifs is 7. The molecule has 0 fully saturated rings. The fourth-order valence-corrected chi connectivity index (χ4v) is 9.25. The van der Waals surface area contributed by atoms with Crippen molar-refractivity contribution in [3.63, 3.8) is 0 Å². The van der Waals surface area contributed by atoms with Gasteiger partial charge in [0.05, 0.1) is 0 Å². The van der Waals surface area contributed by atoms with Crippen molar-refractivity contribution in [3.8, 4) is 55.6 Å². The van der Waals surface area contributed by atoms with Gasteiger partial charge in [-0.05, 0) is 98.1 Å². The smallest absolute Gasteiger partial charge is 0.143 e. The van der Waals surface area contributed by atoms with E-state index in [1.165, 1.54) is 55.6 Å². The summed E-state index contributed by atoms with van der Waals surface area (Å²) in [4.78, 5) is 2.34. The first-order valence-electron chi connectivity index (χ1n) is 20.4. The summed E-state index contributed by atoms with van der Waals surface area (Å²) in [5.74, 6) is 0. The van der Waals surface area contributed by atoms with E-state index in [9.17, 15) is 0 Å². The van der Waals surface area contributed by atoms with Crippen molar-refractivity contribution in [3.05, 3.63) is 223 Å². The molecule has 0 saturated carbocycles. The van der Waals surface area contributed by atoms with Crippen LogP contribution in [-0.4, -0.2) is 0 Å². The minimum Gasteiger partial charge on any atom is -0.455 e. The molecule has 1 aliphatic rings. The molecular formula is C57H41NO. The first kappa shape index (κ1) is 34.8. The zero-order valence-electron chi connectivity index (χ0n) is 33.1. The van der Waals surface area contributed by atoms with Gasteiger partial charge in [-0.25, -0.2) is 0 Å². The quantitative estimate of drug-likeness (QED) is 0.161. The van der Waals surface area contributed by atoms with Crippen LogP contribution in [0.25, 0.3) is 77.6 Å². The van der Waals surface area contributed by atoms with Crippen LogP contribution in [0.1, 0.15) is 25.0 Å². The summed E-state index contributed by atoms with van der Waals surface area (Å²) < 4.78 is 6.96. The lowest BCUT2D eigenvalue weighted by Crippen LogP contribution is -2.14. The molecule has 0 spiro atoms. The lowest BCUT2D eigenvalue weighted by molar-refractivity contribution is 0.653. The number of rotatable bonds is 7. The van der Waals surface area contributed by atoms with E-state index in [0.717, 1.165) is 50.1 Å². The molecule has 0 aliphatic heterocycles. The molecule has 0 bridgehead atoms. The first-order valence-corrected chi connectivity index (χ1v) is 20.4. The zero-order chi connectivity index (χ0) is 39.5. The van der Waals surface area contributed by atoms with Gasteiger partial charge in [-0.2, -0.15) is 0 Å². The van der Waals surface area contributed by atoms with Crippen molar-refractivity contribution >= 4 is 39.0 Å². The second kappa shape index (κ2) is 13.9. The zero-order valence-corrected chi connectivity index (χ0v) is 33.1. The van der Waals surface area contributed by atoms with Gasteiger partial charge < -0.3 is 9.32 Å². The van der Waals surface area contributed by atoms with E-state index in [-0.39, 0.29) is 5.41 Å². The minimum atomic E-state index is -0.0841. The highest BCUT2D eigenvalue weighted by atomic mass is 16.3. The number of hydrogen-bond donors (Lipinski definition) is 0. The third-order valence-electron chi connectivity index (χ3n) is 12.3. The molecule has 1 aromatic heterocycles. The average molecular weight is 756 g/mol. The fraction of sp³-hybridized carbons (Fsp3) is 0.0526. The highest BCUT2D eigenvalue weighted by molar-refractivity contribution is 6.14. The Bertz CT molecular complexity index is 3140. The van der Waals surface area contributed by atoms with Crippen molar-refractivity contribution in [2.24, 2.45) is 0 Å². The Balaban J connectivity index is 0.981. The summed E-state index contributed by atoms with van der Waals surface area (Å²) in [6.45, 7) is 4.64. The predicted molar refractivity (Wildman–Crippen MR) is 248 cm³/mol. The third-order valence-corrected chi connectivity index (χ3v) is 12.3. The molecule has 10 aromatic rings. The van der Waals surface area contributed by atoms with Crippen molar-refractivity contribution in [2.45, 2.75) is 19.3 Å². The molecule has 59 heavy (non-hydrogen) atoms. The van der Waals surface area contributed by atoms with Crippen molar-refractivity contribution in [2.75, 3.05) is 4.90 Å². The van der Waals surface area contributed by atoms with Gasteiger partial charge in [0.1, 0.15) is 11.2 Å². The second-order valence-corrected chi connectivity index (χ2v) is 16.1. The molecule has 0 atom stereocenters. The van der Waals surface area contributed by atoms with Gasteiger partial charge in [-0.15, -0.1) is 0 Å². The van der Waals surface area contributed by atoms with Crippen LogP contribution in [0.15, 0.2) is 217 Å². The predicted octanol–water partition coefficient (Wildman–Crippen LogP) is 16.0. The number of benzene rings is 9. The topological polar surface area (TPSA) is 16.4 Å². The summed E-state index contributed by atoms with van der Waals surface area (Å²) in [5.41, 5.74) is 19.6. The molecule has 2 heteroatoms. The van der Waals surface area contributed by atoms with Crippen LogP contribution >= 0.6 is 0 Å². The summed E-state index contributed by atoms with van der Waals surface area (Å²) in [6.07, 6.45) is 0. The molecule has 11 rings (SSSR count). The Hall–Kier alpha value is -7.42. The highest BCUT2D eigenvalue weighted by Crippen LogP contribution is 2.53. The summed E-state index contributed by atoms with van der Waals surface area (Å²) in [6, 6.07) is 76.5. The maximum Gasteiger partial charge on any atom is 0.143 e. The van der Waals surface area contributed by atoms with Gasteiger partial charge in [0.25, 0.3) is 0 Å². The lowest BCUT2D eigenvalue weighted by atomic mass is 9.82. The van der Waals surface area contributed by atoms with E-state index in [2.05, 4.69) is 231 Å². The normalized spacial score (nSPS) is 12.7. The Morgan fingerprint density at radius 2 is 0.797 bits per heavy atom. The molecule has 0 N–H and O–H groups in total. The monoisotopic (exact) mass is 755 g/mol. The molecule has 1 aliphatic carbocycles. The molecule has 0 saturated heterocycles. The third kappa shape index (κ3) is 5.87. The van der Waals surface area contributed by atoms with E-state index < -0.39 is 0 Å². The van der Waals surface area contributed by atoms with Crippen LogP contribution in [0, 0.1) is 0 Å². The second-order valence-electron chi connectivity index (χ2n) is 16.1. The van der Waals surface area contributed by atoms with Gasteiger partial charge in [-0.3, -0.25) is 0 Å². The average Bonchev–Trinajstić information content (AvgIpc) is 3.80. The maximum atomic E-state index is 6.96. The Labute approximate surface area is 345 Å². The van der Waals surface area contributed by atoms with E-state index in [0.29, 0.717) is 0 Å². The Morgan fingerprint density at radius 1 is 0.339 bits per heavy atom. The van der Waals surface area contributed by atoms with Crippen LogP contribution in [-0.2, 0) is 5.41 Å². The number of para-hydroxylation sites is 1. The Kier molecular flexibility index (Phi) is 8.20. The lowest BCUT2D eigenvalue weighted by Gasteiger charge is -2.26. The van der Waals surface area contributed by atoms with E-state index >= 15 is 0 Å². The molecule has 2 nitrogen and oxygen atoms in total. The number of anilines is 3. The molecule has 1 heterocycles. The SMILES string of the molecule is CC1(C)c2ccccc2-c2c1ccc1c2oc2c(-c3ccc(N(c4ccc(-c5ccccc5)cc4)c4ccc(-c5cccc(-c6ccccc6)c5)cc4)cc3)cccc21. The van der Waals surface area contributed by atoms with Crippen LogP contribution in [0.5, 0.6) is 0 Å². The first-order chi connectivity index (χ1) is 29.0. The van der Waals surface area contributed by atoms with Gasteiger partial charge in [0.15, 0.2) is 0 Å². The van der Waals surface area contributed by atoms with Gasteiger partial charge >= 0.3 is 0 Å². The molecule has 9 aromatic carbocycles. The molecule has 0 unspecified atom stereocenters. The van der Waals surface area contributed by atoms with Crippen LogP contribution < -0.4 is 4.90 Å². The molecule has 0 radical (unpaired) electrons. The Morgan fingerprint density at radius 3 is 1.42 bits per heavy atom. The van der Waals surface area contributed by atoms with E-state index in [1.807, 2.05) is 0 Å². The number of hydrogen-bond acceptors (Lipinski definition) is 2. The van der Waals surface area contributed by atoms with Crippen molar-refractivity contribution in [1.82, 2.24) is 0 Å². The van der Waals surface area contributed by atoms with Gasteiger partial charge in [-0.1, -0.05) is 184 Å². The number of nitrogens with zero attached hydrogens (tertiary/aromatic N) is 1. The summed E-state index contributed by atoms with van der Waals surface area (Å²) in [7, 11) is 0. The van der Waals surface area contributed by atoms with Gasteiger partial charge in [0.2, 0.25) is 0 Å².